The number of rotatable bonds is 3. The number of piperazine rings is 1. The maximum atomic E-state index is 12.6. The van der Waals surface area contributed by atoms with Gasteiger partial charge >= 0.3 is 0 Å². The molecule has 26 heavy (non-hydrogen) atoms. The highest BCUT2D eigenvalue weighted by Crippen LogP contribution is 2.23. The molecule has 7 nitrogen and oxygen atoms in total. The molecular formula is C18H24N4O3S. The lowest BCUT2D eigenvalue weighted by Gasteiger charge is -2.35. The van der Waals surface area contributed by atoms with E-state index < -0.39 is 9.84 Å². The van der Waals surface area contributed by atoms with Gasteiger partial charge in [0.2, 0.25) is 11.9 Å². The third-order valence-electron chi connectivity index (χ3n) is 5.33. The molecule has 2 aliphatic heterocycles. The standard InChI is InChI=1S/C18H24N4O3S/c23-17(12-14-4-3-11-26(24,25)13-14)21-7-9-22(10-8-21)18-19-15-5-1-2-6-16(15)20-18/h1-2,5-6,14H,3-4,7-13H2,(H,19,20). The zero-order chi connectivity index (χ0) is 18.1. The van der Waals surface area contributed by atoms with E-state index in [1.807, 2.05) is 29.2 Å². The van der Waals surface area contributed by atoms with E-state index in [0.29, 0.717) is 25.9 Å². The van der Waals surface area contributed by atoms with Gasteiger partial charge in [-0.15, -0.1) is 0 Å². The lowest BCUT2D eigenvalue weighted by molar-refractivity contribution is -0.132. The number of hydrogen-bond donors (Lipinski definition) is 1. The van der Waals surface area contributed by atoms with Crippen LogP contribution in [0.3, 0.4) is 0 Å². The average Bonchev–Trinajstić information content (AvgIpc) is 3.05. The molecule has 0 spiro atoms. The highest BCUT2D eigenvalue weighted by molar-refractivity contribution is 7.91. The molecule has 0 bridgehead atoms. The second kappa shape index (κ2) is 6.90. The number of sulfone groups is 1. The molecule has 1 unspecified atom stereocenters. The smallest absolute Gasteiger partial charge is 0.223 e. The summed E-state index contributed by atoms with van der Waals surface area (Å²) in [5, 5.41) is 0. The summed E-state index contributed by atoms with van der Waals surface area (Å²) in [4.78, 5) is 24.5. The number of fused-ring (bicyclic) bond motifs is 1. The number of nitrogens with zero attached hydrogens (tertiary/aromatic N) is 3. The number of hydrogen-bond acceptors (Lipinski definition) is 5. The van der Waals surface area contributed by atoms with Crippen LogP contribution in [-0.2, 0) is 14.6 Å². The largest absolute Gasteiger partial charge is 0.339 e. The molecule has 2 saturated heterocycles. The quantitative estimate of drug-likeness (QED) is 0.876. The third-order valence-corrected chi connectivity index (χ3v) is 7.22. The predicted octanol–water partition coefficient (Wildman–Crippen LogP) is 1.43. The Morgan fingerprint density at radius 2 is 1.96 bits per heavy atom. The Morgan fingerprint density at radius 1 is 1.19 bits per heavy atom. The van der Waals surface area contributed by atoms with Crippen molar-refractivity contribution in [2.24, 2.45) is 5.92 Å². The number of aromatic amines is 1. The molecule has 140 valence electrons. The molecule has 4 rings (SSSR count). The minimum Gasteiger partial charge on any atom is -0.339 e. The van der Waals surface area contributed by atoms with Gasteiger partial charge in [0.1, 0.15) is 0 Å². The Labute approximate surface area is 153 Å². The van der Waals surface area contributed by atoms with Crippen molar-refractivity contribution >= 4 is 32.7 Å². The molecule has 3 heterocycles. The van der Waals surface area contributed by atoms with Crippen LogP contribution in [0.4, 0.5) is 5.95 Å². The monoisotopic (exact) mass is 376 g/mol. The number of carbonyl (C=O) groups excluding carboxylic acids is 1. The highest BCUT2D eigenvalue weighted by Gasteiger charge is 2.29. The summed E-state index contributed by atoms with van der Waals surface area (Å²) in [6, 6.07) is 7.93. The number of imidazole rings is 1. The van der Waals surface area contributed by atoms with Crippen molar-refractivity contribution in [3.05, 3.63) is 24.3 Å². The number of para-hydroxylation sites is 2. The Morgan fingerprint density at radius 3 is 2.69 bits per heavy atom. The summed E-state index contributed by atoms with van der Waals surface area (Å²) in [5.41, 5.74) is 1.96. The van der Waals surface area contributed by atoms with Crippen molar-refractivity contribution in [3.8, 4) is 0 Å². The first-order valence-corrected chi connectivity index (χ1v) is 11.0. The minimum atomic E-state index is -2.96. The van der Waals surface area contributed by atoms with Gasteiger partial charge in [-0.05, 0) is 30.9 Å². The molecule has 1 N–H and O–H groups in total. The summed E-state index contributed by atoms with van der Waals surface area (Å²) in [7, 11) is -2.96. The maximum Gasteiger partial charge on any atom is 0.223 e. The first-order chi connectivity index (χ1) is 12.5. The third kappa shape index (κ3) is 3.70. The van der Waals surface area contributed by atoms with E-state index in [1.165, 1.54) is 0 Å². The zero-order valence-corrected chi connectivity index (χ0v) is 15.5. The molecule has 2 aromatic rings. The lowest BCUT2D eigenvalue weighted by Crippen LogP contribution is -2.49. The summed E-state index contributed by atoms with van der Waals surface area (Å²) >= 11 is 0. The van der Waals surface area contributed by atoms with Crippen molar-refractivity contribution in [2.75, 3.05) is 42.6 Å². The molecule has 0 aliphatic carbocycles. The molecule has 0 saturated carbocycles. The van der Waals surface area contributed by atoms with Gasteiger partial charge in [-0.3, -0.25) is 4.79 Å². The number of amides is 1. The number of anilines is 1. The van der Waals surface area contributed by atoms with E-state index in [9.17, 15) is 13.2 Å². The number of nitrogens with one attached hydrogen (secondary N) is 1. The molecule has 1 aromatic carbocycles. The van der Waals surface area contributed by atoms with Crippen LogP contribution in [-0.4, -0.2) is 66.9 Å². The molecule has 0 radical (unpaired) electrons. The topological polar surface area (TPSA) is 86.4 Å². The molecule has 1 aromatic heterocycles. The fourth-order valence-corrected chi connectivity index (χ4v) is 5.69. The molecular weight excluding hydrogens is 352 g/mol. The molecule has 1 amide bonds. The first-order valence-electron chi connectivity index (χ1n) is 9.18. The number of carbonyl (C=O) groups is 1. The van der Waals surface area contributed by atoms with Gasteiger partial charge in [0.05, 0.1) is 22.5 Å². The summed E-state index contributed by atoms with van der Waals surface area (Å²) in [6.07, 6.45) is 1.87. The second-order valence-electron chi connectivity index (χ2n) is 7.27. The molecule has 1 atom stereocenters. The van der Waals surface area contributed by atoms with E-state index in [1.54, 1.807) is 0 Å². The Hall–Kier alpha value is -2.09. The van der Waals surface area contributed by atoms with Gasteiger partial charge in [-0.25, -0.2) is 13.4 Å². The number of H-pyrrole nitrogens is 1. The van der Waals surface area contributed by atoms with Gasteiger partial charge in [-0.2, -0.15) is 0 Å². The summed E-state index contributed by atoms with van der Waals surface area (Å²) in [5.74, 6) is 1.34. The summed E-state index contributed by atoms with van der Waals surface area (Å²) in [6.45, 7) is 2.76. The Bertz CT molecular complexity index is 867. The first kappa shape index (κ1) is 17.3. The average molecular weight is 376 g/mol. The Balaban J connectivity index is 1.33. The van der Waals surface area contributed by atoms with E-state index in [4.69, 9.17) is 0 Å². The van der Waals surface area contributed by atoms with E-state index in [-0.39, 0.29) is 23.3 Å². The second-order valence-corrected chi connectivity index (χ2v) is 9.50. The van der Waals surface area contributed by atoms with Gasteiger partial charge in [0, 0.05) is 32.6 Å². The zero-order valence-electron chi connectivity index (χ0n) is 14.7. The van der Waals surface area contributed by atoms with Crippen LogP contribution < -0.4 is 4.90 Å². The van der Waals surface area contributed by atoms with Crippen molar-refractivity contribution < 1.29 is 13.2 Å². The minimum absolute atomic E-state index is 0.0188. The SMILES string of the molecule is O=C(CC1CCCS(=O)(=O)C1)N1CCN(c2nc3ccccc3[nH]2)CC1. The molecule has 2 aliphatic rings. The number of aromatic nitrogens is 2. The van der Waals surface area contributed by atoms with Crippen LogP contribution in [0.15, 0.2) is 24.3 Å². The number of benzene rings is 1. The van der Waals surface area contributed by atoms with E-state index >= 15 is 0 Å². The Kier molecular flexibility index (Phi) is 4.60. The van der Waals surface area contributed by atoms with Crippen molar-refractivity contribution in [3.63, 3.8) is 0 Å². The van der Waals surface area contributed by atoms with Crippen molar-refractivity contribution in [2.45, 2.75) is 19.3 Å². The van der Waals surface area contributed by atoms with Crippen LogP contribution in [0, 0.1) is 5.92 Å². The molecule has 8 heteroatoms. The van der Waals surface area contributed by atoms with Crippen molar-refractivity contribution in [1.82, 2.24) is 14.9 Å². The van der Waals surface area contributed by atoms with Crippen LogP contribution in [0.2, 0.25) is 0 Å². The van der Waals surface area contributed by atoms with Gasteiger partial charge in [0.25, 0.3) is 0 Å². The summed E-state index contributed by atoms with van der Waals surface area (Å²) < 4.78 is 23.5. The van der Waals surface area contributed by atoms with Gasteiger partial charge in [-0.1, -0.05) is 12.1 Å². The maximum absolute atomic E-state index is 12.6. The van der Waals surface area contributed by atoms with Crippen molar-refractivity contribution in [1.29, 1.82) is 0 Å². The van der Waals surface area contributed by atoms with Gasteiger partial charge < -0.3 is 14.8 Å². The lowest BCUT2D eigenvalue weighted by atomic mass is 10.0. The normalized spacial score (nSPS) is 23.3. The van der Waals surface area contributed by atoms with Gasteiger partial charge in [0.15, 0.2) is 9.84 Å². The highest BCUT2D eigenvalue weighted by atomic mass is 32.2. The van der Waals surface area contributed by atoms with Crippen LogP contribution in [0.5, 0.6) is 0 Å². The fraction of sp³-hybridized carbons (Fsp3) is 0.556. The van der Waals surface area contributed by atoms with Crippen LogP contribution in [0.1, 0.15) is 19.3 Å². The van der Waals surface area contributed by atoms with Crippen LogP contribution in [0.25, 0.3) is 11.0 Å². The predicted molar refractivity (Wildman–Crippen MR) is 101 cm³/mol. The fourth-order valence-electron chi connectivity index (χ4n) is 3.91. The van der Waals surface area contributed by atoms with Crippen LogP contribution >= 0.6 is 0 Å². The molecule has 2 fully saturated rings. The van der Waals surface area contributed by atoms with E-state index in [0.717, 1.165) is 36.5 Å². The van der Waals surface area contributed by atoms with E-state index in [2.05, 4.69) is 14.9 Å².